The third-order valence-corrected chi connectivity index (χ3v) is 5.55. The maximum absolute atomic E-state index is 12.4. The standard InChI is InChI=1S/C19H20N4O2S2/c1-3-20-18-22-23-19(27-18)26-13(2)17(24)21-14-9-11-16(12-10-14)25-15-7-5-4-6-8-15/h4-13H,3H2,1-2H3,(H,20,22)(H,21,24)/t13-/m1/s1. The van der Waals surface area contributed by atoms with Gasteiger partial charge in [-0.3, -0.25) is 4.79 Å². The molecule has 6 nitrogen and oxygen atoms in total. The highest BCUT2D eigenvalue weighted by atomic mass is 32.2. The second kappa shape index (κ2) is 9.38. The lowest BCUT2D eigenvalue weighted by Gasteiger charge is -2.11. The number of benzene rings is 2. The molecule has 3 aromatic rings. The molecule has 8 heteroatoms. The zero-order valence-electron chi connectivity index (χ0n) is 15.0. The predicted octanol–water partition coefficient (Wildman–Crippen LogP) is 4.88. The summed E-state index contributed by atoms with van der Waals surface area (Å²) in [6, 6.07) is 16.9. The van der Waals surface area contributed by atoms with Gasteiger partial charge in [0.15, 0.2) is 4.34 Å². The Labute approximate surface area is 166 Å². The lowest BCUT2D eigenvalue weighted by Crippen LogP contribution is -2.22. The van der Waals surface area contributed by atoms with Crippen LogP contribution in [0.2, 0.25) is 0 Å². The molecule has 0 saturated heterocycles. The molecule has 0 spiro atoms. The second-order valence-electron chi connectivity index (χ2n) is 5.59. The van der Waals surface area contributed by atoms with E-state index in [1.54, 1.807) is 0 Å². The maximum atomic E-state index is 12.4. The molecule has 0 radical (unpaired) electrons. The number of ether oxygens (including phenoxy) is 1. The van der Waals surface area contributed by atoms with Gasteiger partial charge in [0.05, 0.1) is 5.25 Å². The monoisotopic (exact) mass is 400 g/mol. The van der Waals surface area contributed by atoms with Crippen LogP contribution >= 0.6 is 23.1 Å². The lowest BCUT2D eigenvalue weighted by molar-refractivity contribution is -0.115. The van der Waals surface area contributed by atoms with Gasteiger partial charge in [-0.05, 0) is 50.2 Å². The molecule has 3 rings (SSSR count). The van der Waals surface area contributed by atoms with Crippen LogP contribution in [-0.2, 0) is 4.79 Å². The first-order valence-corrected chi connectivity index (χ1v) is 10.2. The molecule has 2 N–H and O–H groups in total. The van der Waals surface area contributed by atoms with Crippen molar-refractivity contribution in [2.75, 3.05) is 17.2 Å². The lowest BCUT2D eigenvalue weighted by atomic mass is 10.3. The van der Waals surface area contributed by atoms with Crippen LogP contribution in [0.4, 0.5) is 10.8 Å². The number of para-hydroxylation sites is 1. The predicted molar refractivity (Wildman–Crippen MR) is 111 cm³/mol. The molecule has 0 aliphatic carbocycles. The number of amides is 1. The number of nitrogens with zero attached hydrogens (tertiary/aromatic N) is 2. The minimum atomic E-state index is -0.285. The van der Waals surface area contributed by atoms with Crippen molar-refractivity contribution in [3.63, 3.8) is 0 Å². The van der Waals surface area contributed by atoms with Gasteiger partial charge in [-0.15, -0.1) is 10.2 Å². The Kier molecular flexibility index (Phi) is 6.67. The van der Waals surface area contributed by atoms with Crippen molar-refractivity contribution in [2.24, 2.45) is 0 Å². The van der Waals surface area contributed by atoms with Gasteiger partial charge in [0.2, 0.25) is 11.0 Å². The summed E-state index contributed by atoms with van der Waals surface area (Å²) in [5, 5.41) is 14.6. The third kappa shape index (κ3) is 5.70. The van der Waals surface area contributed by atoms with E-state index in [-0.39, 0.29) is 11.2 Å². The Morgan fingerprint density at radius 1 is 1.11 bits per heavy atom. The fraction of sp³-hybridized carbons (Fsp3) is 0.211. The zero-order valence-corrected chi connectivity index (χ0v) is 16.6. The van der Waals surface area contributed by atoms with Gasteiger partial charge >= 0.3 is 0 Å². The molecule has 1 heterocycles. The van der Waals surface area contributed by atoms with Gasteiger partial charge in [-0.25, -0.2) is 0 Å². The van der Waals surface area contributed by atoms with Crippen LogP contribution in [0.25, 0.3) is 0 Å². The van der Waals surface area contributed by atoms with Crippen molar-refractivity contribution in [2.45, 2.75) is 23.4 Å². The molecule has 140 valence electrons. The van der Waals surface area contributed by atoms with Gasteiger partial charge in [-0.1, -0.05) is 41.3 Å². The average molecular weight is 401 g/mol. The van der Waals surface area contributed by atoms with Crippen molar-refractivity contribution < 1.29 is 9.53 Å². The smallest absolute Gasteiger partial charge is 0.237 e. The van der Waals surface area contributed by atoms with Crippen LogP contribution in [0.5, 0.6) is 11.5 Å². The first-order chi connectivity index (χ1) is 13.1. The Morgan fingerprint density at radius 3 is 2.52 bits per heavy atom. The fourth-order valence-corrected chi connectivity index (χ4v) is 4.12. The third-order valence-electron chi connectivity index (χ3n) is 3.48. The average Bonchev–Trinajstić information content (AvgIpc) is 3.11. The summed E-state index contributed by atoms with van der Waals surface area (Å²) < 4.78 is 6.51. The van der Waals surface area contributed by atoms with Crippen LogP contribution in [-0.4, -0.2) is 27.9 Å². The van der Waals surface area contributed by atoms with Crippen molar-refractivity contribution in [3.8, 4) is 11.5 Å². The van der Waals surface area contributed by atoms with Crippen LogP contribution in [0.1, 0.15) is 13.8 Å². The van der Waals surface area contributed by atoms with E-state index in [1.807, 2.05) is 68.4 Å². The normalized spacial score (nSPS) is 11.6. The Bertz CT molecular complexity index is 869. The molecule has 2 aromatic carbocycles. The quantitative estimate of drug-likeness (QED) is 0.525. The summed E-state index contributed by atoms with van der Waals surface area (Å²) in [5.41, 5.74) is 0.721. The second-order valence-corrected chi connectivity index (χ2v) is 8.16. The number of carbonyl (C=O) groups excluding carboxylic acids is 1. The number of rotatable bonds is 8. The van der Waals surface area contributed by atoms with Gasteiger partial charge in [0, 0.05) is 12.2 Å². The molecule has 1 atom stereocenters. The summed E-state index contributed by atoms with van der Waals surface area (Å²) in [6.45, 7) is 4.64. The molecule has 27 heavy (non-hydrogen) atoms. The van der Waals surface area contributed by atoms with Crippen molar-refractivity contribution in [3.05, 3.63) is 54.6 Å². The highest BCUT2D eigenvalue weighted by Gasteiger charge is 2.17. The van der Waals surface area contributed by atoms with E-state index in [2.05, 4.69) is 20.8 Å². The summed E-state index contributed by atoms with van der Waals surface area (Å²) in [7, 11) is 0. The van der Waals surface area contributed by atoms with Crippen LogP contribution in [0, 0.1) is 0 Å². The Hall–Kier alpha value is -2.58. The first-order valence-electron chi connectivity index (χ1n) is 8.52. The summed E-state index contributed by atoms with van der Waals surface area (Å²) in [6.07, 6.45) is 0. The van der Waals surface area contributed by atoms with E-state index in [4.69, 9.17) is 4.74 Å². The molecule has 1 amide bonds. The van der Waals surface area contributed by atoms with Gasteiger partial charge in [0.25, 0.3) is 0 Å². The number of hydrogen-bond donors (Lipinski definition) is 2. The summed E-state index contributed by atoms with van der Waals surface area (Å²) in [4.78, 5) is 12.4. The van der Waals surface area contributed by atoms with E-state index >= 15 is 0 Å². The molecular formula is C19H20N4O2S2. The minimum absolute atomic E-state index is 0.0862. The number of thioether (sulfide) groups is 1. The number of anilines is 2. The number of aromatic nitrogens is 2. The topological polar surface area (TPSA) is 76.1 Å². The van der Waals surface area contributed by atoms with E-state index in [9.17, 15) is 4.79 Å². The molecule has 0 unspecified atom stereocenters. The molecule has 0 aliphatic heterocycles. The van der Waals surface area contributed by atoms with Crippen molar-refractivity contribution in [1.82, 2.24) is 10.2 Å². The van der Waals surface area contributed by atoms with Crippen LogP contribution in [0.15, 0.2) is 58.9 Å². The minimum Gasteiger partial charge on any atom is -0.457 e. The number of carbonyl (C=O) groups is 1. The molecule has 0 aliphatic rings. The molecule has 1 aromatic heterocycles. The van der Waals surface area contributed by atoms with Crippen molar-refractivity contribution >= 4 is 39.8 Å². The molecular weight excluding hydrogens is 380 g/mol. The summed E-state index contributed by atoms with van der Waals surface area (Å²) >= 11 is 2.84. The number of hydrogen-bond acceptors (Lipinski definition) is 7. The van der Waals surface area contributed by atoms with Crippen molar-refractivity contribution in [1.29, 1.82) is 0 Å². The molecule has 0 fully saturated rings. The highest BCUT2D eigenvalue weighted by molar-refractivity contribution is 8.02. The van der Waals surface area contributed by atoms with E-state index < -0.39 is 0 Å². The summed E-state index contributed by atoms with van der Waals surface area (Å²) in [5.74, 6) is 1.40. The molecule has 0 saturated carbocycles. The highest BCUT2D eigenvalue weighted by Crippen LogP contribution is 2.29. The Morgan fingerprint density at radius 2 is 1.81 bits per heavy atom. The van der Waals surface area contributed by atoms with E-state index in [1.165, 1.54) is 23.1 Å². The largest absolute Gasteiger partial charge is 0.457 e. The van der Waals surface area contributed by atoms with Gasteiger partial charge < -0.3 is 15.4 Å². The maximum Gasteiger partial charge on any atom is 0.237 e. The zero-order chi connectivity index (χ0) is 19.1. The fourth-order valence-electron chi connectivity index (χ4n) is 2.16. The van der Waals surface area contributed by atoms with E-state index in [0.717, 1.165) is 27.5 Å². The molecule has 0 bridgehead atoms. The first kappa shape index (κ1) is 19.2. The Balaban J connectivity index is 1.53. The van der Waals surface area contributed by atoms with E-state index in [0.29, 0.717) is 5.75 Å². The van der Waals surface area contributed by atoms with Crippen LogP contribution < -0.4 is 15.4 Å². The van der Waals surface area contributed by atoms with Gasteiger partial charge in [0.1, 0.15) is 11.5 Å². The van der Waals surface area contributed by atoms with Gasteiger partial charge in [-0.2, -0.15) is 0 Å². The SMILES string of the molecule is CCNc1nnc(S[C@H](C)C(=O)Nc2ccc(Oc3ccccc3)cc2)s1. The van der Waals surface area contributed by atoms with Crippen LogP contribution in [0.3, 0.4) is 0 Å². The number of nitrogens with one attached hydrogen (secondary N) is 2.